The van der Waals surface area contributed by atoms with Crippen molar-refractivity contribution in [2.75, 3.05) is 20.2 Å². The van der Waals surface area contributed by atoms with Gasteiger partial charge in [-0.2, -0.15) is 0 Å². The van der Waals surface area contributed by atoms with Crippen molar-refractivity contribution in [2.24, 2.45) is 5.92 Å². The van der Waals surface area contributed by atoms with Crippen LogP contribution in [0.3, 0.4) is 0 Å². The van der Waals surface area contributed by atoms with Crippen molar-refractivity contribution < 1.29 is 37.1 Å². The fourth-order valence-electron chi connectivity index (χ4n) is 6.43. The van der Waals surface area contributed by atoms with Gasteiger partial charge in [-0.25, -0.2) is 18.1 Å². The van der Waals surface area contributed by atoms with Gasteiger partial charge in [0.1, 0.15) is 29.2 Å². The van der Waals surface area contributed by atoms with Crippen LogP contribution < -0.4 is 24.8 Å². The van der Waals surface area contributed by atoms with Crippen LogP contribution >= 0.6 is 0 Å². The summed E-state index contributed by atoms with van der Waals surface area (Å²) < 4.78 is 40.2. The molecule has 3 aromatic carbocycles. The molecule has 3 N–H and O–H groups in total. The zero-order valence-electron chi connectivity index (χ0n) is 29.2. The average Bonchev–Trinajstić information content (AvgIpc) is 3.72. The molecule has 13 nitrogen and oxygen atoms in total. The van der Waals surface area contributed by atoms with Crippen LogP contribution in [0.1, 0.15) is 19.8 Å². The number of amides is 4. The zero-order chi connectivity index (χ0) is 37.8. The molecule has 6 rings (SSSR count). The van der Waals surface area contributed by atoms with Crippen LogP contribution in [0.5, 0.6) is 11.5 Å². The van der Waals surface area contributed by atoms with E-state index >= 15 is 0 Å². The summed E-state index contributed by atoms with van der Waals surface area (Å²) in [4.78, 5) is 59.5. The van der Waals surface area contributed by atoms with Gasteiger partial charge in [0.05, 0.1) is 36.3 Å². The summed E-state index contributed by atoms with van der Waals surface area (Å²) in [5, 5.41) is 5.96. The summed E-state index contributed by atoms with van der Waals surface area (Å²) in [6.45, 7) is 5.00. The molecule has 1 aromatic heterocycles. The summed E-state index contributed by atoms with van der Waals surface area (Å²) in [6, 6.07) is 23.0. The Morgan fingerprint density at radius 1 is 1.02 bits per heavy atom. The first-order valence-electron chi connectivity index (χ1n) is 17.0. The van der Waals surface area contributed by atoms with Crippen LogP contribution in [0, 0.1) is 5.92 Å². The second-order valence-electron chi connectivity index (χ2n) is 12.8. The van der Waals surface area contributed by atoms with Crippen molar-refractivity contribution in [2.45, 2.75) is 42.3 Å². The van der Waals surface area contributed by atoms with Gasteiger partial charge in [-0.3, -0.25) is 19.2 Å². The lowest BCUT2D eigenvalue weighted by atomic mass is 10.1. The smallest absolute Gasteiger partial charge is 0.264 e. The zero-order valence-corrected chi connectivity index (χ0v) is 30.0. The number of carbonyl (C=O) groups excluding carboxylic acids is 4. The molecule has 0 bridgehead atoms. The number of ether oxygens (including phenoxy) is 2. The Labute approximate surface area is 307 Å². The first-order valence-corrected chi connectivity index (χ1v) is 18.4. The molecule has 1 saturated heterocycles. The molecule has 2 heterocycles. The second-order valence-corrected chi connectivity index (χ2v) is 14.4. The van der Waals surface area contributed by atoms with Crippen LogP contribution in [0.4, 0.5) is 0 Å². The van der Waals surface area contributed by atoms with Crippen LogP contribution in [-0.4, -0.2) is 79.8 Å². The van der Waals surface area contributed by atoms with Crippen LogP contribution in [0.15, 0.2) is 115 Å². The minimum absolute atomic E-state index is 0.0243. The molecule has 274 valence electrons. The Hall–Kier alpha value is -6.02. The molecule has 4 atom stereocenters. The maximum Gasteiger partial charge on any atom is 0.264 e. The van der Waals surface area contributed by atoms with Gasteiger partial charge in [0, 0.05) is 35.4 Å². The van der Waals surface area contributed by atoms with Gasteiger partial charge in [-0.15, -0.1) is 6.58 Å². The molecule has 2 fully saturated rings. The number of methoxy groups -OCH3 is 1. The van der Waals surface area contributed by atoms with Crippen LogP contribution in [0.25, 0.3) is 22.2 Å². The lowest BCUT2D eigenvalue weighted by Gasteiger charge is -2.26. The van der Waals surface area contributed by atoms with E-state index in [2.05, 4.69) is 21.9 Å². The van der Waals surface area contributed by atoms with Crippen molar-refractivity contribution in [3.8, 4) is 22.8 Å². The monoisotopic (exact) mass is 737 g/mol. The number of pyridine rings is 1. The van der Waals surface area contributed by atoms with E-state index in [-0.39, 0.29) is 24.3 Å². The van der Waals surface area contributed by atoms with Gasteiger partial charge in [0.25, 0.3) is 15.9 Å². The molecule has 14 heteroatoms. The van der Waals surface area contributed by atoms with E-state index in [9.17, 15) is 27.6 Å². The SMILES string of the molecule is C=C[C@@H]1C[C@]1(NC(=O)[C@@H]1CC(Oc2cc(-c3ccccc3)nc3cc(OC)ccc23)CN1C(=O)CNC(=O)/C=C/C)C(=O)NS(=O)(=O)c1ccccc1. The van der Waals surface area contributed by atoms with Crippen LogP contribution in [-0.2, 0) is 29.2 Å². The maximum absolute atomic E-state index is 14.1. The molecule has 4 amide bonds. The molecule has 1 saturated carbocycles. The number of fused-ring (bicyclic) bond motifs is 1. The van der Waals surface area contributed by atoms with E-state index in [0.717, 1.165) is 5.56 Å². The quantitative estimate of drug-likeness (QED) is 0.137. The number of allylic oxidation sites excluding steroid dienone is 1. The van der Waals surface area contributed by atoms with Crippen LogP contribution in [0.2, 0.25) is 0 Å². The molecule has 2 aliphatic rings. The third-order valence-electron chi connectivity index (χ3n) is 9.29. The van der Waals surface area contributed by atoms with E-state index in [1.165, 1.54) is 47.4 Å². The summed E-state index contributed by atoms with van der Waals surface area (Å²) >= 11 is 0. The Morgan fingerprint density at radius 2 is 1.74 bits per heavy atom. The summed E-state index contributed by atoms with van der Waals surface area (Å²) in [7, 11) is -2.69. The normalized spacial score (nSPS) is 20.8. The van der Waals surface area contributed by atoms with E-state index in [4.69, 9.17) is 14.5 Å². The molecule has 0 radical (unpaired) electrons. The van der Waals surface area contributed by atoms with Crippen molar-refractivity contribution >= 4 is 44.6 Å². The molecule has 0 spiro atoms. The first kappa shape index (κ1) is 36.8. The minimum atomic E-state index is -4.25. The van der Waals surface area contributed by atoms with Crippen molar-refractivity contribution in [1.82, 2.24) is 25.2 Å². The predicted molar refractivity (Wildman–Crippen MR) is 197 cm³/mol. The topological polar surface area (TPSA) is 173 Å². The van der Waals surface area contributed by atoms with Gasteiger partial charge >= 0.3 is 0 Å². The molecule has 1 aliphatic carbocycles. The second kappa shape index (κ2) is 15.3. The summed E-state index contributed by atoms with van der Waals surface area (Å²) in [6.07, 6.45) is 3.71. The van der Waals surface area contributed by atoms with Gasteiger partial charge < -0.3 is 25.0 Å². The highest BCUT2D eigenvalue weighted by atomic mass is 32.2. The van der Waals surface area contributed by atoms with E-state index in [1.807, 2.05) is 36.4 Å². The highest BCUT2D eigenvalue weighted by Crippen LogP contribution is 2.45. The Bertz CT molecular complexity index is 2200. The number of hydrogen-bond acceptors (Lipinski definition) is 9. The Balaban J connectivity index is 1.28. The number of likely N-dealkylation sites (tertiary alicyclic amines) is 1. The first-order chi connectivity index (χ1) is 25.5. The Morgan fingerprint density at radius 3 is 2.40 bits per heavy atom. The lowest BCUT2D eigenvalue weighted by Crippen LogP contribution is -2.56. The van der Waals surface area contributed by atoms with Crippen molar-refractivity contribution in [3.63, 3.8) is 0 Å². The minimum Gasteiger partial charge on any atom is -0.497 e. The van der Waals surface area contributed by atoms with Gasteiger partial charge in [-0.1, -0.05) is 60.7 Å². The van der Waals surface area contributed by atoms with Gasteiger partial charge in [0.2, 0.25) is 17.7 Å². The molecular formula is C39H39N5O8S. The van der Waals surface area contributed by atoms with Gasteiger partial charge in [-0.05, 0) is 43.7 Å². The number of benzene rings is 3. The average molecular weight is 738 g/mol. The largest absolute Gasteiger partial charge is 0.497 e. The number of nitrogens with one attached hydrogen (secondary N) is 3. The predicted octanol–water partition coefficient (Wildman–Crippen LogP) is 3.52. The molecular weight excluding hydrogens is 699 g/mol. The molecule has 1 aliphatic heterocycles. The highest BCUT2D eigenvalue weighted by Gasteiger charge is 2.61. The van der Waals surface area contributed by atoms with Crippen molar-refractivity contribution in [1.29, 1.82) is 0 Å². The number of rotatable bonds is 13. The number of nitrogens with zero attached hydrogens (tertiary/aromatic N) is 2. The highest BCUT2D eigenvalue weighted by molar-refractivity contribution is 7.90. The number of sulfonamides is 1. The standard InChI is InChI=1S/C39H39N5O8S/c1-4-12-35(45)40-23-36(46)44-24-28(52-34-21-31(25-13-8-6-9-14-25)41-32-19-27(51-3)17-18-30(32)34)20-33(44)37(47)42-39(22-26(39)5-2)38(48)43-53(49,50)29-15-10-7-11-16-29/h4-19,21,26,28,33H,2,20,22-24H2,1,3H3,(H,40,45)(H,42,47)(H,43,48)/b12-4+/t26-,28?,33+,39-/m1/s1. The third-order valence-corrected chi connectivity index (χ3v) is 10.6. The van der Waals surface area contributed by atoms with E-state index < -0.39 is 63.8 Å². The summed E-state index contributed by atoms with van der Waals surface area (Å²) in [5.41, 5.74) is 0.476. The molecule has 4 aromatic rings. The number of carbonyl (C=O) groups is 4. The van der Waals surface area contributed by atoms with Gasteiger partial charge in [0.15, 0.2) is 0 Å². The lowest BCUT2D eigenvalue weighted by molar-refractivity contribution is -0.139. The third kappa shape index (κ3) is 7.92. The van der Waals surface area contributed by atoms with E-state index in [0.29, 0.717) is 28.1 Å². The van der Waals surface area contributed by atoms with Crippen molar-refractivity contribution in [3.05, 3.63) is 110 Å². The summed E-state index contributed by atoms with van der Waals surface area (Å²) in [5.74, 6) is -2.14. The fourth-order valence-corrected chi connectivity index (χ4v) is 7.49. The number of aromatic nitrogens is 1. The maximum atomic E-state index is 14.1. The number of hydrogen-bond donors (Lipinski definition) is 3. The fraction of sp³-hybridized carbons (Fsp3) is 0.256. The molecule has 53 heavy (non-hydrogen) atoms. The molecule has 1 unspecified atom stereocenters. The van der Waals surface area contributed by atoms with E-state index in [1.54, 1.807) is 38.3 Å². The Kier molecular flexibility index (Phi) is 10.6.